The second kappa shape index (κ2) is 9.93. The van der Waals surface area contributed by atoms with Crippen LogP contribution in [0.1, 0.15) is 11.3 Å². The summed E-state index contributed by atoms with van der Waals surface area (Å²) in [5.41, 5.74) is 1.93. The predicted octanol–water partition coefficient (Wildman–Crippen LogP) is 1.97. The van der Waals surface area contributed by atoms with E-state index in [4.69, 9.17) is 4.74 Å². The van der Waals surface area contributed by atoms with Crippen LogP contribution in [0.2, 0.25) is 0 Å². The smallest absolute Gasteiger partial charge is 0.218 e. The number of hydrogen-bond acceptors (Lipinski definition) is 4. The molecule has 2 heterocycles. The molecule has 0 radical (unpaired) electrons. The quantitative estimate of drug-likeness (QED) is 0.446. The van der Waals surface area contributed by atoms with Crippen molar-refractivity contribution in [3.05, 3.63) is 54.0 Å². The van der Waals surface area contributed by atoms with Gasteiger partial charge in [-0.1, -0.05) is 12.1 Å². The number of hydrogen-bond donors (Lipinski definition) is 2. The van der Waals surface area contributed by atoms with Gasteiger partial charge in [0.2, 0.25) is 5.88 Å². The predicted molar refractivity (Wildman–Crippen MR) is 97.5 cm³/mol. The van der Waals surface area contributed by atoms with Crippen molar-refractivity contribution in [1.82, 2.24) is 20.6 Å². The molecule has 0 spiro atoms. The molecule has 0 aliphatic heterocycles. The van der Waals surface area contributed by atoms with Gasteiger partial charge in [0.1, 0.15) is 0 Å². The lowest BCUT2D eigenvalue weighted by atomic mass is 10.2. The first kappa shape index (κ1) is 18.1. The fraction of sp³-hybridized carbons (Fsp3) is 0.267. The molecule has 0 bridgehead atoms. The summed E-state index contributed by atoms with van der Waals surface area (Å²) < 4.78 is 5.22. The fourth-order valence-corrected chi connectivity index (χ4v) is 1.82. The molecule has 6 nitrogen and oxygen atoms in total. The van der Waals surface area contributed by atoms with E-state index in [9.17, 15) is 0 Å². The normalized spacial score (nSPS) is 10.5. The molecule has 2 aromatic rings. The van der Waals surface area contributed by atoms with Crippen LogP contribution in [0, 0.1) is 0 Å². The molecule has 0 unspecified atom stereocenters. The van der Waals surface area contributed by atoms with Crippen molar-refractivity contribution in [2.75, 3.05) is 14.2 Å². The number of aromatic nitrogens is 2. The van der Waals surface area contributed by atoms with E-state index in [1.807, 2.05) is 30.3 Å². The number of guanidine groups is 1. The van der Waals surface area contributed by atoms with Crippen LogP contribution in [-0.2, 0) is 13.1 Å². The Balaban J connectivity index is 0.00000242. The molecule has 0 fully saturated rings. The molecule has 0 atom stereocenters. The standard InChI is InChI=1S/C15H19N5O.HI/c1-16-15(20-11-13-7-3-4-8-17-13)19-10-12-6-5-9-18-14(12)21-2;/h3-9H,10-11H2,1-2H3,(H2,16,19,20);1H. The van der Waals surface area contributed by atoms with Gasteiger partial charge in [0.05, 0.1) is 19.3 Å². The van der Waals surface area contributed by atoms with Crippen molar-refractivity contribution >= 4 is 29.9 Å². The molecule has 0 saturated carbocycles. The maximum Gasteiger partial charge on any atom is 0.218 e. The zero-order valence-corrected chi connectivity index (χ0v) is 14.9. The number of aliphatic imine (C=N–C) groups is 1. The number of methoxy groups -OCH3 is 1. The highest BCUT2D eigenvalue weighted by Crippen LogP contribution is 2.12. The van der Waals surface area contributed by atoms with Crippen LogP contribution in [0.3, 0.4) is 0 Å². The molecule has 118 valence electrons. The average molecular weight is 413 g/mol. The molecular weight excluding hydrogens is 393 g/mol. The molecule has 2 aromatic heterocycles. The van der Waals surface area contributed by atoms with E-state index in [2.05, 4.69) is 25.6 Å². The van der Waals surface area contributed by atoms with Gasteiger partial charge >= 0.3 is 0 Å². The average Bonchev–Trinajstić information content (AvgIpc) is 2.56. The van der Waals surface area contributed by atoms with Gasteiger partial charge in [-0.25, -0.2) is 4.98 Å². The minimum absolute atomic E-state index is 0. The lowest BCUT2D eigenvalue weighted by Gasteiger charge is -2.12. The van der Waals surface area contributed by atoms with Crippen LogP contribution in [0.15, 0.2) is 47.7 Å². The molecule has 0 amide bonds. The fourth-order valence-electron chi connectivity index (χ4n) is 1.82. The third kappa shape index (κ3) is 5.47. The van der Waals surface area contributed by atoms with Crippen LogP contribution in [-0.4, -0.2) is 30.1 Å². The van der Waals surface area contributed by atoms with Crippen molar-refractivity contribution in [1.29, 1.82) is 0 Å². The largest absolute Gasteiger partial charge is 0.481 e. The minimum Gasteiger partial charge on any atom is -0.481 e. The van der Waals surface area contributed by atoms with E-state index < -0.39 is 0 Å². The van der Waals surface area contributed by atoms with E-state index in [0.29, 0.717) is 24.9 Å². The highest BCUT2D eigenvalue weighted by atomic mass is 127. The Hall–Kier alpha value is -1.90. The second-order valence-electron chi connectivity index (χ2n) is 4.27. The highest BCUT2D eigenvalue weighted by molar-refractivity contribution is 14.0. The number of nitrogens with zero attached hydrogens (tertiary/aromatic N) is 3. The Morgan fingerprint density at radius 2 is 1.86 bits per heavy atom. The number of nitrogens with one attached hydrogen (secondary N) is 2. The van der Waals surface area contributed by atoms with Crippen molar-refractivity contribution in [3.63, 3.8) is 0 Å². The molecule has 0 aliphatic carbocycles. The van der Waals surface area contributed by atoms with Crippen LogP contribution >= 0.6 is 24.0 Å². The Morgan fingerprint density at radius 1 is 1.09 bits per heavy atom. The lowest BCUT2D eigenvalue weighted by Crippen LogP contribution is -2.36. The summed E-state index contributed by atoms with van der Waals surface area (Å²) in [6, 6.07) is 9.66. The Labute approximate surface area is 147 Å². The van der Waals surface area contributed by atoms with E-state index in [1.54, 1.807) is 26.6 Å². The van der Waals surface area contributed by atoms with Gasteiger partial charge in [-0.3, -0.25) is 9.98 Å². The van der Waals surface area contributed by atoms with Gasteiger partial charge in [-0.15, -0.1) is 24.0 Å². The third-order valence-corrected chi connectivity index (χ3v) is 2.88. The lowest BCUT2D eigenvalue weighted by molar-refractivity contribution is 0.392. The molecular formula is C15H20IN5O. The summed E-state index contributed by atoms with van der Waals surface area (Å²) in [6.07, 6.45) is 3.48. The van der Waals surface area contributed by atoms with Crippen LogP contribution in [0.5, 0.6) is 5.88 Å². The first-order chi connectivity index (χ1) is 10.3. The molecule has 2 N–H and O–H groups in total. The monoisotopic (exact) mass is 413 g/mol. The van der Waals surface area contributed by atoms with Crippen LogP contribution in [0.25, 0.3) is 0 Å². The van der Waals surface area contributed by atoms with Gasteiger partial charge in [0.15, 0.2) is 5.96 Å². The first-order valence-electron chi connectivity index (χ1n) is 6.66. The topological polar surface area (TPSA) is 71.4 Å². The number of pyridine rings is 2. The second-order valence-corrected chi connectivity index (χ2v) is 4.27. The maximum absolute atomic E-state index is 5.22. The Morgan fingerprint density at radius 3 is 2.55 bits per heavy atom. The van der Waals surface area contributed by atoms with E-state index in [1.165, 1.54) is 0 Å². The molecule has 22 heavy (non-hydrogen) atoms. The van der Waals surface area contributed by atoms with Crippen molar-refractivity contribution in [2.24, 2.45) is 4.99 Å². The van der Waals surface area contributed by atoms with Gasteiger partial charge in [0.25, 0.3) is 0 Å². The first-order valence-corrected chi connectivity index (χ1v) is 6.66. The summed E-state index contributed by atoms with van der Waals surface area (Å²) in [4.78, 5) is 12.6. The number of halogens is 1. The maximum atomic E-state index is 5.22. The van der Waals surface area contributed by atoms with Gasteiger partial charge in [-0.05, 0) is 18.2 Å². The molecule has 2 rings (SSSR count). The zero-order chi connectivity index (χ0) is 14.9. The van der Waals surface area contributed by atoms with E-state index >= 15 is 0 Å². The Kier molecular flexibility index (Phi) is 8.19. The summed E-state index contributed by atoms with van der Waals surface area (Å²) in [5.74, 6) is 1.32. The minimum atomic E-state index is 0. The van der Waals surface area contributed by atoms with Crippen LogP contribution < -0.4 is 15.4 Å². The van der Waals surface area contributed by atoms with Gasteiger partial charge in [-0.2, -0.15) is 0 Å². The van der Waals surface area contributed by atoms with Crippen molar-refractivity contribution in [2.45, 2.75) is 13.1 Å². The van der Waals surface area contributed by atoms with Crippen LogP contribution in [0.4, 0.5) is 0 Å². The summed E-state index contributed by atoms with van der Waals surface area (Å²) in [7, 11) is 3.34. The summed E-state index contributed by atoms with van der Waals surface area (Å²) in [5, 5.41) is 6.43. The molecule has 0 aliphatic rings. The van der Waals surface area contributed by atoms with E-state index in [0.717, 1.165) is 11.3 Å². The van der Waals surface area contributed by atoms with E-state index in [-0.39, 0.29) is 24.0 Å². The van der Waals surface area contributed by atoms with Crippen molar-refractivity contribution in [3.8, 4) is 5.88 Å². The summed E-state index contributed by atoms with van der Waals surface area (Å²) >= 11 is 0. The third-order valence-electron chi connectivity index (χ3n) is 2.88. The number of rotatable bonds is 5. The summed E-state index contributed by atoms with van der Waals surface area (Å²) in [6.45, 7) is 1.20. The van der Waals surface area contributed by atoms with Gasteiger partial charge in [0, 0.05) is 31.5 Å². The van der Waals surface area contributed by atoms with Gasteiger partial charge < -0.3 is 15.4 Å². The highest BCUT2D eigenvalue weighted by Gasteiger charge is 2.04. The molecule has 0 aromatic carbocycles. The molecule has 0 saturated heterocycles. The zero-order valence-electron chi connectivity index (χ0n) is 12.6. The van der Waals surface area contributed by atoms with Crippen molar-refractivity contribution < 1.29 is 4.74 Å². The number of ether oxygens (including phenoxy) is 1. The molecule has 7 heteroatoms. The Bertz CT molecular complexity index is 591. The SMILES string of the molecule is CN=C(NCc1ccccn1)NCc1cccnc1OC.I.